The molecule has 2 heterocycles. The standard InChI is InChI=1S/C11H8BrFN6/c12-6-2-1-3-7(13)8(6)16-9-5-4-15-19-10(5)18-11(14)17-9/h1-4H,(H4,14,15,16,17,18,19). The molecule has 6 nitrogen and oxygen atoms in total. The average Bonchev–Trinajstić information content (AvgIpc) is 2.81. The van der Waals surface area contributed by atoms with Crippen molar-refractivity contribution in [2.45, 2.75) is 0 Å². The summed E-state index contributed by atoms with van der Waals surface area (Å²) >= 11 is 3.28. The average molecular weight is 323 g/mol. The third-order valence-corrected chi connectivity index (χ3v) is 3.19. The van der Waals surface area contributed by atoms with E-state index >= 15 is 0 Å². The van der Waals surface area contributed by atoms with E-state index in [1.807, 2.05) is 0 Å². The highest BCUT2D eigenvalue weighted by atomic mass is 79.9. The van der Waals surface area contributed by atoms with E-state index in [1.165, 1.54) is 6.07 Å². The van der Waals surface area contributed by atoms with E-state index in [9.17, 15) is 4.39 Å². The Hall–Kier alpha value is -2.22. The molecule has 0 saturated carbocycles. The summed E-state index contributed by atoms with van der Waals surface area (Å²) in [5.74, 6) is 0.0666. The molecule has 0 fully saturated rings. The van der Waals surface area contributed by atoms with Crippen LogP contribution in [0.4, 0.5) is 21.8 Å². The zero-order chi connectivity index (χ0) is 13.4. The Balaban J connectivity index is 2.13. The van der Waals surface area contributed by atoms with Gasteiger partial charge in [0.05, 0.1) is 17.3 Å². The van der Waals surface area contributed by atoms with Crippen LogP contribution in [0.1, 0.15) is 0 Å². The second-order valence-electron chi connectivity index (χ2n) is 3.78. The quantitative estimate of drug-likeness (QED) is 0.674. The van der Waals surface area contributed by atoms with Crippen molar-refractivity contribution in [3.05, 3.63) is 34.7 Å². The van der Waals surface area contributed by atoms with E-state index in [-0.39, 0.29) is 11.6 Å². The molecule has 0 aliphatic carbocycles. The lowest BCUT2D eigenvalue weighted by Gasteiger charge is -2.09. The van der Waals surface area contributed by atoms with Gasteiger partial charge in [-0.05, 0) is 28.1 Å². The van der Waals surface area contributed by atoms with E-state index in [4.69, 9.17) is 5.73 Å². The Labute approximate surface area is 115 Å². The Morgan fingerprint density at radius 1 is 1.32 bits per heavy atom. The van der Waals surface area contributed by atoms with Crippen LogP contribution >= 0.6 is 15.9 Å². The zero-order valence-corrected chi connectivity index (χ0v) is 11.1. The van der Waals surface area contributed by atoms with Crippen molar-refractivity contribution < 1.29 is 4.39 Å². The highest BCUT2D eigenvalue weighted by Crippen LogP contribution is 2.30. The van der Waals surface area contributed by atoms with Gasteiger partial charge in [0.2, 0.25) is 5.95 Å². The number of para-hydroxylation sites is 1. The van der Waals surface area contributed by atoms with Gasteiger partial charge >= 0.3 is 0 Å². The van der Waals surface area contributed by atoms with E-state index in [0.717, 1.165) is 0 Å². The first-order chi connectivity index (χ1) is 9.15. The van der Waals surface area contributed by atoms with Gasteiger partial charge < -0.3 is 11.1 Å². The number of halogens is 2. The molecule has 0 bridgehead atoms. The maximum atomic E-state index is 13.8. The molecule has 19 heavy (non-hydrogen) atoms. The highest BCUT2D eigenvalue weighted by molar-refractivity contribution is 9.10. The van der Waals surface area contributed by atoms with Gasteiger partial charge in [0.1, 0.15) is 11.6 Å². The topological polar surface area (TPSA) is 92.5 Å². The predicted octanol–water partition coefficient (Wildman–Crippen LogP) is 2.58. The van der Waals surface area contributed by atoms with Crippen molar-refractivity contribution >= 4 is 44.4 Å². The third-order valence-electron chi connectivity index (χ3n) is 2.53. The second kappa shape index (κ2) is 4.47. The molecular weight excluding hydrogens is 315 g/mol. The molecule has 8 heteroatoms. The fraction of sp³-hybridized carbons (Fsp3) is 0. The third kappa shape index (κ3) is 2.10. The number of fused-ring (bicyclic) bond motifs is 1. The minimum atomic E-state index is -0.400. The van der Waals surface area contributed by atoms with Crippen molar-refractivity contribution in [2.75, 3.05) is 11.1 Å². The number of hydrogen-bond acceptors (Lipinski definition) is 5. The molecule has 0 radical (unpaired) electrons. The van der Waals surface area contributed by atoms with Gasteiger partial charge in [-0.3, -0.25) is 5.10 Å². The summed E-state index contributed by atoms with van der Waals surface area (Å²) in [6.45, 7) is 0. The normalized spacial score (nSPS) is 10.8. The van der Waals surface area contributed by atoms with Gasteiger partial charge in [-0.1, -0.05) is 6.07 Å². The molecule has 2 aromatic heterocycles. The minimum Gasteiger partial charge on any atom is -0.368 e. The first kappa shape index (κ1) is 11.8. The van der Waals surface area contributed by atoms with Crippen molar-refractivity contribution in [2.24, 2.45) is 0 Å². The summed E-state index contributed by atoms with van der Waals surface area (Å²) in [4.78, 5) is 8.05. The molecule has 0 amide bonds. The number of nitrogen functional groups attached to an aromatic ring is 1. The number of nitrogens with one attached hydrogen (secondary N) is 2. The molecule has 1 aromatic carbocycles. The Morgan fingerprint density at radius 2 is 2.16 bits per heavy atom. The first-order valence-electron chi connectivity index (χ1n) is 5.33. The SMILES string of the molecule is Nc1nc(Nc2c(F)cccc2Br)c2cn[nH]c2n1. The Morgan fingerprint density at radius 3 is 2.95 bits per heavy atom. The molecule has 0 aliphatic rings. The molecular formula is C11H8BrFN6. The molecule has 0 spiro atoms. The molecule has 0 atom stereocenters. The molecule has 0 aliphatic heterocycles. The van der Waals surface area contributed by atoms with Gasteiger partial charge in [0.15, 0.2) is 5.65 Å². The monoisotopic (exact) mass is 322 g/mol. The number of benzene rings is 1. The van der Waals surface area contributed by atoms with E-state index in [2.05, 4.69) is 41.4 Å². The van der Waals surface area contributed by atoms with Crippen LogP contribution in [-0.4, -0.2) is 20.2 Å². The van der Waals surface area contributed by atoms with Crippen molar-refractivity contribution in [1.82, 2.24) is 20.2 Å². The number of H-pyrrole nitrogens is 1. The van der Waals surface area contributed by atoms with Gasteiger partial charge in [-0.2, -0.15) is 15.1 Å². The molecule has 96 valence electrons. The van der Waals surface area contributed by atoms with Crippen LogP contribution in [0.15, 0.2) is 28.9 Å². The fourth-order valence-corrected chi connectivity index (χ4v) is 2.12. The van der Waals surface area contributed by atoms with Crippen LogP contribution in [0.3, 0.4) is 0 Å². The second-order valence-corrected chi connectivity index (χ2v) is 4.64. The number of nitrogens with two attached hydrogens (primary N) is 1. The lowest BCUT2D eigenvalue weighted by Crippen LogP contribution is -2.02. The van der Waals surface area contributed by atoms with Gasteiger partial charge in [0.25, 0.3) is 0 Å². The highest BCUT2D eigenvalue weighted by Gasteiger charge is 2.12. The van der Waals surface area contributed by atoms with Gasteiger partial charge in [0, 0.05) is 4.47 Å². The maximum absolute atomic E-state index is 13.8. The Kier molecular flexibility index (Phi) is 2.79. The maximum Gasteiger partial charge on any atom is 0.224 e. The number of anilines is 3. The molecule has 4 N–H and O–H groups in total. The summed E-state index contributed by atoms with van der Waals surface area (Å²) in [5.41, 5.74) is 6.37. The van der Waals surface area contributed by atoms with E-state index < -0.39 is 5.82 Å². The van der Waals surface area contributed by atoms with Gasteiger partial charge in [-0.15, -0.1) is 0 Å². The summed E-state index contributed by atoms with van der Waals surface area (Å²) in [6.07, 6.45) is 1.55. The summed E-state index contributed by atoms with van der Waals surface area (Å²) in [6, 6.07) is 4.68. The van der Waals surface area contributed by atoms with Crippen LogP contribution < -0.4 is 11.1 Å². The first-order valence-corrected chi connectivity index (χ1v) is 6.12. The van der Waals surface area contributed by atoms with Crippen molar-refractivity contribution in [3.63, 3.8) is 0 Å². The number of hydrogen-bond donors (Lipinski definition) is 3. The number of aromatic amines is 1. The Bertz CT molecular complexity index is 736. The summed E-state index contributed by atoms with van der Waals surface area (Å²) in [5, 5.41) is 10.1. The molecule has 3 rings (SSSR count). The molecule has 3 aromatic rings. The predicted molar refractivity (Wildman–Crippen MR) is 73.5 cm³/mol. The van der Waals surface area contributed by atoms with Crippen LogP contribution in [-0.2, 0) is 0 Å². The lowest BCUT2D eigenvalue weighted by molar-refractivity contribution is 0.631. The smallest absolute Gasteiger partial charge is 0.224 e. The van der Waals surface area contributed by atoms with Crippen LogP contribution in [0, 0.1) is 5.82 Å². The summed E-state index contributed by atoms with van der Waals surface area (Å²) < 4.78 is 14.4. The summed E-state index contributed by atoms with van der Waals surface area (Å²) in [7, 11) is 0. The van der Waals surface area contributed by atoms with Crippen LogP contribution in [0.2, 0.25) is 0 Å². The minimum absolute atomic E-state index is 0.0757. The van der Waals surface area contributed by atoms with E-state index in [1.54, 1.807) is 18.3 Å². The number of rotatable bonds is 2. The van der Waals surface area contributed by atoms with Gasteiger partial charge in [-0.25, -0.2) is 4.39 Å². The number of aromatic nitrogens is 4. The number of nitrogens with zero attached hydrogens (tertiary/aromatic N) is 3. The van der Waals surface area contributed by atoms with E-state index in [0.29, 0.717) is 21.3 Å². The van der Waals surface area contributed by atoms with Crippen molar-refractivity contribution in [1.29, 1.82) is 0 Å². The largest absolute Gasteiger partial charge is 0.368 e. The van der Waals surface area contributed by atoms with Crippen molar-refractivity contribution in [3.8, 4) is 0 Å². The lowest BCUT2D eigenvalue weighted by atomic mass is 10.3. The van der Waals surface area contributed by atoms with Crippen LogP contribution in [0.5, 0.6) is 0 Å². The fourth-order valence-electron chi connectivity index (χ4n) is 1.68. The van der Waals surface area contributed by atoms with Crippen LogP contribution in [0.25, 0.3) is 11.0 Å². The molecule has 0 saturated heterocycles. The molecule has 0 unspecified atom stereocenters. The zero-order valence-electron chi connectivity index (χ0n) is 9.48.